The number of carbonyl (C=O) groups excluding carboxylic acids is 1. The number of rotatable bonds is 3. The summed E-state index contributed by atoms with van der Waals surface area (Å²) in [5, 5.41) is 1.11. The van der Waals surface area contributed by atoms with Gasteiger partial charge in [0.25, 0.3) is 0 Å². The summed E-state index contributed by atoms with van der Waals surface area (Å²) in [4.78, 5) is 25.8. The minimum atomic E-state index is -0.264. The molecule has 5 nitrogen and oxygen atoms in total. The van der Waals surface area contributed by atoms with Crippen LogP contribution in [-0.4, -0.2) is 38.8 Å². The zero-order valence-electron chi connectivity index (χ0n) is 15.4. The Balaban J connectivity index is 1.25. The normalized spacial score (nSPS) is 15.5. The van der Waals surface area contributed by atoms with Crippen molar-refractivity contribution in [3.05, 3.63) is 65.9 Å². The Hall–Kier alpha value is -3.15. The number of halogens is 1. The maximum Gasteiger partial charge on any atom is 0.227 e. The van der Waals surface area contributed by atoms with Crippen molar-refractivity contribution in [2.24, 2.45) is 0 Å². The first-order chi connectivity index (χ1) is 13.7. The van der Waals surface area contributed by atoms with Crippen LogP contribution in [0.4, 0.5) is 4.39 Å². The molecule has 0 unspecified atom stereocenters. The second kappa shape index (κ2) is 6.78. The average molecular weight is 376 g/mol. The second-order valence-corrected chi connectivity index (χ2v) is 7.47. The van der Waals surface area contributed by atoms with E-state index in [2.05, 4.69) is 15.0 Å². The summed E-state index contributed by atoms with van der Waals surface area (Å²) < 4.78 is 13.4. The van der Waals surface area contributed by atoms with Gasteiger partial charge in [0.15, 0.2) is 0 Å². The molecule has 0 spiro atoms. The zero-order chi connectivity index (χ0) is 19.1. The highest BCUT2D eigenvalue weighted by Gasteiger charge is 2.26. The molecule has 1 aliphatic rings. The van der Waals surface area contributed by atoms with Crippen LogP contribution in [-0.2, 0) is 11.2 Å². The third kappa shape index (κ3) is 3.05. The number of hydrogen-bond acceptors (Lipinski definition) is 2. The number of para-hydroxylation sites is 1. The van der Waals surface area contributed by atoms with Gasteiger partial charge in [0.2, 0.25) is 5.91 Å². The predicted octanol–water partition coefficient (Wildman–Crippen LogP) is 4.13. The molecule has 2 N–H and O–H groups in total. The molecule has 0 bridgehead atoms. The molecule has 1 aliphatic heterocycles. The summed E-state index contributed by atoms with van der Waals surface area (Å²) in [5.41, 5.74) is 3.62. The van der Waals surface area contributed by atoms with Crippen LogP contribution in [0.2, 0.25) is 0 Å². The maximum absolute atomic E-state index is 13.4. The standard InChI is InChI=1S/C22H21FN4O/c23-16-5-6-19-20(12-16)26-22(25-19)14-7-9-27(10-8-14)21(28)11-15-13-24-18-4-2-1-3-17(15)18/h1-6,12-14,24H,7-11H2,(H,25,26). The van der Waals surface area contributed by atoms with Gasteiger partial charge < -0.3 is 14.9 Å². The number of amides is 1. The second-order valence-electron chi connectivity index (χ2n) is 7.47. The number of aromatic nitrogens is 3. The highest BCUT2D eigenvalue weighted by Crippen LogP contribution is 2.28. The molecule has 2 aromatic carbocycles. The van der Waals surface area contributed by atoms with Crippen molar-refractivity contribution >= 4 is 27.8 Å². The van der Waals surface area contributed by atoms with Crippen LogP contribution < -0.4 is 0 Å². The molecule has 6 heteroatoms. The highest BCUT2D eigenvalue weighted by atomic mass is 19.1. The zero-order valence-corrected chi connectivity index (χ0v) is 15.4. The van der Waals surface area contributed by atoms with Gasteiger partial charge in [-0.2, -0.15) is 0 Å². The highest BCUT2D eigenvalue weighted by molar-refractivity contribution is 5.89. The Kier molecular flexibility index (Phi) is 4.11. The number of aromatic amines is 2. The van der Waals surface area contributed by atoms with E-state index >= 15 is 0 Å². The number of benzene rings is 2. The number of likely N-dealkylation sites (tertiary alicyclic amines) is 1. The van der Waals surface area contributed by atoms with Crippen molar-refractivity contribution in [2.45, 2.75) is 25.2 Å². The summed E-state index contributed by atoms with van der Waals surface area (Å²) in [6.45, 7) is 1.44. The summed E-state index contributed by atoms with van der Waals surface area (Å²) >= 11 is 0. The lowest BCUT2D eigenvalue weighted by atomic mass is 9.95. The number of piperidine rings is 1. The molecule has 1 saturated heterocycles. The first-order valence-electron chi connectivity index (χ1n) is 9.65. The van der Waals surface area contributed by atoms with Crippen LogP contribution in [0.15, 0.2) is 48.7 Å². The van der Waals surface area contributed by atoms with Crippen molar-refractivity contribution in [2.75, 3.05) is 13.1 Å². The Morgan fingerprint density at radius 2 is 1.96 bits per heavy atom. The van der Waals surface area contributed by atoms with E-state index in [4.69, 9.17) is 0 Å². The van der Waals surface area contributed by atoms with Gasteiger partial charge >= 0.3 is 0 Å². The van der Waals surface area contributed by atoms with Gasteiger partial charge in [0.1, 0.15) is 11.6 Å². The Morgan fingerprint density at radius 1 is 1.14 bits per heavy atom. The van der Waals surface area contributed by atoms with E-state index in [-0.39, 0.29) is 17.6 Å². The molecule has 1 fully saturated rings. The molecule has 0 aliphatic carbocycles. The smallest absolute Gasteiger partial charge is 0.227 e. The van der Waals surface area contributed by atoms with E-state index in [0.717, 1.165) is 59.3 Å². The number of fused-ring (bicyclic) bond motifs is 2. The maximum atomic E-state index is 13.4. The fourth-order valence-corrected chi connectivity index (χ4v) is 4.15. The van der Waals surface area contributed by atoms with Crippen LogP contribution in [0.3, 0.4) is 0 Å². The van der Waals surface area contributed by atoms with Crippen molar-refractivity contribution in [3.8, 4) is 0 Å². The first kappa shape index (κ1) is 17.0. The van der Waals surface area contributed by atoms with Gasteiger partial charge in [0, 0.05) is 36.1 Å². The van der Waals surface area contributed by atoms with Gasteiger partial charge in [-0.25, -0.2) is 9.37 Å². The number of imidazole rings is 1. The Labute approximate surface area is 161 Å². The minimum absolute atomic E-state index is 0.162. The molecule has 1 amide bonds. The molecule has 142 valence electrons. The molecule has 0 saturated carbocycles. The number of H-pyrrole nitrogens is 2. The van der Waals surface area contributed by atoms with Crippen molar-refractivity contribution in [1.29, 1.82) is 0 Å². The summed E-state index contributed by atoms with van der Waals surface area (Å²) in [6, 6.07) is 12.7. The SMILES string of the molecule is O=C(Cc1c[nH]c2ccccc12)N1CCC(c2nc3ccc(F)cc3[nH]2)CC1. The third-order valence-electron chi connectivity index (χ3n) is 5.71. The van der Waals surface area contributed by atoms with Gasteiger partial charge in [0.05, 0.1) is 17.5 Å². The van der Waals surface area contributed by atoms with E-state index in [1.54, 1.807) is 6.07 Å². The lowest BCUT2D eigenvalue weighted by Gasteiger charge is -2.31. The van der Waals surface area contributed by atoms with Crippen LogP contribution in [0.5, 0.6) is 0 Å². The molecule has 0 atom stereocenters. The molecule has 28 heavy (non-hydrogen) atoms. The van der Waals surface area contributed by atoms with E-state index in [0.29, 0.717) is 6.42 Å². The van der Waals surface area contributed by atoms with Gasteiger partial charge in [-0.15, -0.1) is 0 Å². The van der Waals surface area contributed by atoms with Crippen LogP contribution in [0, 0.1) is 5.82 Å². The lowest BCUT2D eigenvalue weighted by Crippen LogP contribution is -2.38. The Morgan fingerprint density at radius 3 is 2.82 bits per heavy atom. The lowest BCUT2D eigenvalue weighted by molar-refractivity contribution is -0.131. The summed E-state index contributed by atoms with van der Waals surface area (Å²) in [7, 11) is 0. The van der Waals surface area contributed by atoms with E-state index < -0.39 is 0 Å². The fourth-order valence-electron chi connectivity index (χ4n) is 4.15. The van der Waals surface area contributed by atoms with Crippen LogP contribution in [0.1, 0.15) is 30.1 Å². The number of hydrogen-bond donors (Lipinski definition) is 2. The third-order valence-corrected chi connectivity index (χ3v) is 5.71. The Bertz CT molecular complexity index is 1150. The molecule has 0 radical (unpaired) electrons. The van der Waals surface area contributed by atoms with E-state index in [1.165, 1.54) is 12.1 Å². The quantitative estimate of drug-likeness (QED) is 0.565. The van der Waals surface area contributed by atoms with E-state index in [1.807, 2.05) is 35.4 Å². The number of nitrogens with one attached hydrogen (secondary N) is 2. The largest absolute Gasteiger partial charge is 0.361 e. The van der Waals surface area contributed by atoms with Gasteiger partial charge in [-0.05, 0) is 42.7 Å². The van der Waals surface area contributed by atoms with E-state index in [9.17, 15) is 9.18 Å². The summed E-state index contributed by atoms with van der Waals surface area (Å²) in [6.07, 6.45) is 4.07. The topological polar surface area (TPSA) is 64.8 Å². The molecular weight excluding hydrogens is 355 g/mol. The molecule has 4 aromatic rings. The molecule has 5 rings (SSSR count). The van der Waals surface area contributed by atoms with Crippen LogP contribution >= 0.6 is 0 Å². The van der Waals surface area contributed by atoms with Gasteiger partial charge in [-0.3, -0.25) is 4.79 Å². The predicted molar refractivity (Wildman–Crippen MR) is 107 cm³/mol. The van der Waals surface area contributed by atoms with Crippen molar-refractivity contribution < 1.29 is 9.18 Å². The number of nitrogens with zero attached hydrogens (tertiary/aromatic N) is 2. The molecular formula is C22H21FN4O. The van der Waals surface area contributed by atoms with Crippen LogP contribution in [0.25, 0.3) is 21.9 Å². The first-order valence-corrected chi connectivity index (χ1v) is 9.65. The molecule has 3 heterocycles. The minimum Gasteiger partial charge on any atom is -0.361 e. The monoisotopic (exact) mass is 376 g/mol. The molecule has 2 aromatic heterocycles. The summed E-state index contributed by atoms with van der Waals surface area (Å²) in [5.74, 6) is 1.06. The average Bonchev–Trinajstić information content (AvgIpc) is 3.32. The van der Waals surface area contributed by atoms with Crippen molar-refractivity contribution in [1.82, 2.24) is 19.9 Å². The van der Waals surface area contributed by atoms with Gasteiger partial charge in [-0.1, -0.05) is 18.2 Å². The van der Waals surface area contributed by atoms with Crippen molar-refractivity contribution in [3.63, 3.8) is 0 Å². The number of carbonyl (C=O) groups is 1. The fraction of sp³-hybridized carbons (Fsp3) is 0.273.